The molecule has 1 saturated carbocycles. The molecule has 0 bridgehead atoms. The van der Waals surface area contributed by atoms with Crippen molar-refractivity contribution in [1.29, 1.82) is 0 Å². The Kier molecular flexibility index (Phi) is 6.02. The van der Waals surface area contributed by atoms with Gasteiger partial charge in [-0.25, -0.2) is 0 Å². The number of rotatable bonds is 7. The van der Waals surface area contributed by atoms with Crippen molar-refractivity contribution in [3.05, 3.63) is 35.4 Å². The molecule has 110 valence electrons. The lowest BCUT2D eigenvalue weighted by Gasteiger charge is -2.12. The van der Waals surface area contributed by atoms with Gasteiger partial charge in [-0.3, -0.25) is 4.79 Å². The summed E-state index contributed by atoms with van der Waals surface area (Å²) in [5.41, 5.74) is 2.23. The molecule has 0 radical (unpaired) electrons. The molecule has 4 nitrogen and oxygen atoms in total. The first-order valence-electron chi connectivity index (χ1n) is 7.35. The van der Waals surface area contributed by atoms with Crippen molar-refractivity contribution in [2.75, 3.05) is 13.7 Å². The first kappa shape index (κ1) is 15.0. The summed E-state index contributed by atoms with van der Waals surface area (Å²) < 4.78 is 5.11. The number of ether oxygens (including phenoxy) is 1. The normalized spacial score (nSPS) is 15.4. The Bertz CT molecular complexity index is 428. The van der Waals surface area contributed by atoms with E-state index >= 15 is 0 Å². The second-order valence-electron chi connectivity index (χ2n) is 5.39. The van der Waals surface area contributed by atoms with Crippen molar-refractivity contribution < 1.29 is 9.53 Å². The largest absolute Gasteiger partial charge is 0.380 e. The minimum atomic E-state index is 0.0639. The summed E-state index contributed by atoms with van der Waals surface area (Å²) in [4.78, 5) is 11.8. The zero-order valence-corrected chi connectivity index (χ0v) is 12.2. The molecule has 1 aliphatic rings. The van der Waals surface area contributed by atoms with Gasteiger partial charge >= 0.3 is 0 Å². The molecule has 0 saturated heterocycles. The molecule has 4 heteroatoms. The van der Waals surface area contributed by atoms with E-state index in [0.29, 0.717) is 25.7 Å². The van der Waals surface area contributed by atoms with Crippen LogP contribution < -0.4 is 10.6 Å². The summed E-state index contributed by atoms with van der Waals surface area (Å²) in [5, 5.41) is 6.27. The van der Waals surface area contributed by atoms with Gasteiger partial charge in [-0.1, -0.05) is 37.1 Å². The van der Waals surface area contributed by atoms with Crippen LogP contribution in [0.3, 0.4) is 0 Å². The van der Waals surface area contributed by atoms with Crippen molar-refractivity contribution in [3.63, 3.8) is 0 Å². The smallest absolute Gasteiger partial charge is 0.234 e. The van der Waals surface area contributed by atoms with E-state index in [9.17, 15) is 4.79 Å². The van der Waals surface area contributed by atoms with Crippen LogP contribution in [0, 0.1) is 0 Å². The van der Waals surface area contributed by atoms with E-state index in [0.717, 1.165) is 11.1 Å². The van der Waals surface area contributed by atoms with E-state index in [1.807, 2.05) is 18.2 Å². The Hall–Kier alpha value is -1.39. The molecular weight excluding hydrogens is 252 g/mol. The number of carbonyl (C=O) groups is 1. The van der Waals surface area contributed by atoms with Gasteiger partial charge in [0, 0.05) is 19.7 Å². The fourth-order valence-electron chi connectivity index (χ4n) is 2.63. The highest BCUT2D eigenvalue weighted by Crippen LogP contribution is 2.17. The second-order valence-corrected chi connectivity index (χ2v) is 5.39. The van der Waals surface area contributed by atoms with Crippen LogP contribution >= 0.6 is 0 Å². The highest BCUT2D eigenvalue weighted by atomic mass is 16.5. The van der Waals surface area contributed by atoms with Crippen LogP contribution in [-0.4, -0.2) is 25.6 Å². The summed E-state index contributed by atoms with van der Waals surface area (Å²) in [6, 6.07) is 8.63. The number of hydrogen-bond donors (Lipinski definition) is 2. The molecule has 0 aromatic heterocycles. The van der Waals surface area contributed by atoms with Crippen molar-refractivity contribution in [2.45, 2.75) is 44.9 Å². The molecule has 1 aromatic carbocycles. The maximum absolute atomic E-state index is 11.8. The van der Waals surface area contributed by atoms with Crippen molar-refractivity contribution in [1.82, 2.24) is 10.6 Å². The topological polar surface area (TPSA) is 50.4 Å². The lowest BCUT2D eigenvalue weighted by atomic mass is 10.1. The molecule has 2 N–H and O–H groups in total. The third-order valence-corrected chi connectivity index (χ3v) is 3.70. The van der Waals surface area contributed by atoms with Crippen LogP contribution in [0.15, 0.2) is 24.3 Å². The Morgan fingerprint density at radius 2 is 2.05 bits per heavy atom. The molecule has 2 rings (SSSR count). The lowest BCUT2D eigenvalue weighted by Crippen LogP contribution is -2.37. The van der Waals surface area contributed by atoms with Gasteiger partial charge in [-0.15, -0.1) is 0 Å². The fraction of sp³-hybridized carbons (Fsp3) is 0.562. The van der Waals surface area contributed by atoms with Crippen LogP contribution in [0.1, 0.15) is 36.8 Å². The number of nitrogens with one attached hydrogen (secondary N) is 2. The van der Waals surface area contributed by atoms with Gasteiger partial charge in [0.05, 0.1) is 13.2 Å². The molecule has 0 aliphatic heterocycles. The number of benzene rings is 1. The number of hydrogen-bond acceptors (Lipinski definition) is 3. The molecule has 0 atom stereocenters. The summed E-state index contributed by atoms with van der Waals surface area (Å²) in [6.07, 6.45) is 4.97. The molecule has 1 aromatic rings. The Labute approximate surface area is 120 Å². The standard InChI is InChI=1S/C16H24N2O2/c1-20-12-14-6-4-5-13(9-14)10-18-16(19)11-17-15-7-2-3-8-15/h4-6,9,15,17H,2-3,7-8,10-12H2,1H3,(H,18,19). The zero-order chi connectivity index (χ0) is 14.2. The van der Waals surface area contributed by atoms with Gasteiger partial charge in [0.1, 0.15) is 0 Å². The van der Waals surface area contributed by atoms with Crippen LogP contribution in [0.4, 0.5) is 0 Å². The highest BCUT2D eigenvalue weighted by Gasteiger charge is 2.14. The van der Waals surface area contributed by atoms with E-state index in [1.54, 1.807) is 7.11 Å². The van der Waals surface area contributed by atoms with Gasteiger partial charge in [-0.05, 0) is 24.0 Å². The quantitative estimate of drug-likeness (QED) is 0.800. The van der Waals surface area contributed by atoms with Crippen molar-refractivity contribution in [3.8, 4) is 0 Å². The monoisotopic (exact) mass is 276 g/mol. The highest BCUT2D eigenvalue weighted by molar-refractivity contribution is 5.78. The summed E-state index contributed by atoms with van der Waals surface area (Å²) in [5.74, 6) is 0.0639. The molecule has 0 unspecified atom stereocenters. The van der Waals surface area contributed by atoms with E-state index < -0.39 is 0 Å². The van der Waals surface area contributed by atoms with Gasteiger partial charge in [-0.2, -0.15) is 0 Å². The van der Waals surface area contributed by atoms with Gasteiger partial charge < -0.3 is 15.4 Å². The maximum atomic E-state index is 11.8. The third kappa shape index (κ3) is 4.94. The van der Waals surface area contributed by atoms with Crippen LogP contribution in [0.25, 0.3) is 0 Å². The Balaban J connectivity index is 1.70. The maximum Gasteiger partial charge on any atom is 0.234 e. The first-order chi connectivity index (χ1) is 9.78. The molecule has 0 heterocycles. The average molecular weight is 276 g/mol. The van der Waals surface area contributed by atoms with E-state index in [2.05, 4.69) is 16.7 Å². The molecule has 0 spiro atoms. The second kappa shape index (κ2) is 8.02. The fourth-order valence-corrected chi connectivity index (χ4v) is 2.63. The van der Waals surface area contributed by atoms with E-state index in [1.165, 1.54) is 25.7 Å². The molecule has 1 aliphatic carbocycles. The molecular formula is C16H24N2O2. The average Bonchev–Trinajstić information content (AvgIpc) is 2.97. The van der Waals surface area contributed by atoms with Crippen LogP contribution in [-0.2, 0) is 22.7 Å². The predicted molar refractivity (Wildman–Crippen MR) is 79.3 cm³/mol. The summed E-state index contributed by atoms with van der Waals surface area (Å²) in [7, 11) is 1.68. The Morgan fingerprint density at radius 1 is 1.30 bits per heavy atom. The molecule has 20 heavy (non-hydrogen) atoms. The number of carbonyl (C=O) groups excluding carboxylic acids is 1. The number of methoxy groups -OCH3 is 1. The minimum absolute atomic E-state index is 0.0639. The van der Waals surface area contributed by atoms with Gasteiger partial charge in [0.2, 0.25) is 5.91 Å². The zero-order valence-electron chi connectivity index (χ0n) is 12.2. The van der Waals surface area contributed by atoms with Gasteiger partial charge in [0.15, 0.2) is 0 Å². The molecule has 1 amide bonds. The first-order valence-corrected chi connectivity index (χ1v) is 7.35. The summed E-state index contributed by atoms with van der Waals surface area (Å²) in [6.45, 7) is 1.59. The van der Waals surface area contributed by atoms with Crippen molar-refractivity contribution in [2.24, 2.45) is 0 Å². The van der Waals surface area contributed by atoms with E-state index in [-0.39, 0.29) is 5.91 Å². The lowest BCUT2D eigenvalue weighted by molar-refractivity contribution is -0.120. The van der Waals surface area contributed by atoms with Gasteiger partial charge in [0.25, 0.3) is 0 Å². The van der Waals surface area contributed by atoms with E-state index in [4.69, 9.17) is 4.74 Å². The van der Waals surface area contributed by atoms with Crippen molar-refractivity contribution >= 4 is 5.91 Å². The number of amides is 1. The molecule has 1 fully saturated rings. The minimum Gasteiger partial charge on any atom is -0.380 e. The Morgan fingerprint density at radius 3 is 2.80 bits per heavy atom. The predicted octanol–water partition coefficient (Wildman–Crippen LogP) is 1.98. The van der Waals surface area contributed by atoms with Crippen LogP contribution in [0.5, 0.6) is 0 Å². The summed E-state index contributed by atoms with van der Waals surface area (Å²) >= 11 is 0. The van der Waals surface area contributed by atoms with Crippen LogP contribution in [0.2, 0.25) is 0 Å². The SMILES string of the molecule is COCc1cccc(CNC(=O)CNC2CCCC2)c1. The third-order valence-electron chi connectivity index (χ3n) is 3.70.